The molecule has 0 bridgehead atoms. The molecule has 2 amide bonds. The second kappa shape index (κ2) is 8.92. The largest absolute Gasteiger partial charge is 0.475 e. The van der Waals surface area contributed by atoms with E-state index in [1.165, 1.54) is 22.9 Å². The highest BCUT2D eigenvalue weighted by Crippen LogP contribution is 2.21. The number of hydrogen-bond acceptors (Lipinski definition) is 8. The molecule has 0 saturated carbocycles. The molecule has 0 atom stereocenters. The fourth-order valence-corrected chi connectivity index (χ4v) is 2.88. The summed E-state index contributed by atoms with van der Waals surface area (Å²) in [5.41, 5.74) is 3.16. The Kier molecular flexibility index (Phi) is 6.13. The van der Waals surface area contributed by atoms with Crippen molar-refractivity contribution in [3.8, 4) is 17.1 Å². The van der Waals surface area contributed by atoms with Crippen LogP contribution in [-0.4, -0.2) is 40.3 Å². The van der Waals surface area contributed by atoms with Crippen LogP contribution in [0.1, 0.15) is 26.8 Å². The first-order valence-corrected chi connectivity index (χ1v) is 8.88. The van der Waals surface area contributed by atoms with Crippen LogP contribution in [0.25, 0.3) is 11.3 Å². The van der Waals surface area contributed by atoms with Gasteiger partial charge < -0.3 is 14.6 Å². The molecule has 0 spiro atoms. The second-order valence-electron chi connectivity index (χ2n) is 5.33. The smallest absolute Gasteiger partial charge is 0.313 e. The zero-order valence-corrected chi connectivity index (χ0v) is 14.9. The van der Waals surface area contributed by atoms with Crippen molar-refractivity contribution in [3.63, 3.8) is 0 Å². The summed E-state index contributed by atoms with van der Waals surface area (Å²) in [5.74, 6) is -1.11. The lowest BCUT2D eigenvalue weighted by Gasteiger charge is -2.03. The van der Waals surface area contributed by atoms with E-state index in [2.05, 4.69) is 20.0 Å². The molecule has 2 aromatic heterocycles. The van der Waals surface area contributed by atoms with Gasteiger partial charge in [0.1, 0.15) is 0 Å². The van der Waals surface area contributed by atoms with Crippen molar-refractivity contribution < 1.29 is 24.1 Å². The first-order chi connectivity index (χ1) is 13.2. The molecule has 3 aromatic rings. The van der Waals surface area contributed by atoms with Crippen molar-refractivity contribution in [2.75, 3.05) is 13.2 Å². The van der Waals surface area contributed by atoms with Gasteiger partial charge in [-0.05, 0) is 11.6 Å². The lowest BCUT2D eigenvalue weighted by molar-refractivity contribution is 0.0666. The number of benzene rings is 1. The standard InChI is InChI=1S/C17H16N4O5S/c22-15(20-24)13-9-14(21-26-13)25-8-4-7-18-16(23)17-19-12(10-27-17)11-5-2-1-3-6-11/h1-3,5-6,9-10,24H,4,7-8H2,(H,18,23)(H,20,22). The number of nitrogens with one attached hydrogen (secondary N) is 2. The molecule has 0 aliphatic heterocycles. The van der Waals surface area contributed by atoms with E-state index in [-0.39, 0.29) is 24.2 Å². The molecule has 1 aromatic carbocycles. The Balaban J connectivity index is 1.40. The predicted molar refractivity (Wildman–Crippen MR) is 95.8 cm³/mol. The highest BCUT2D eigenvalue weighted by Gasteiger charge is 2.13. The SMILES string of the molecule is O=C(NO)c1cc(OCCCNC(=O)c2nc(-c3ccccc3)cs2)no1. The maximum Gasteiger partial charge on any atom is 0.313 e. The average molecular weight is 388 g/mol. The van der Waals surface area contributed by atoms with E-state index >= 15 is 0 Å². The monoisotopic (exact) mass is 388 g/mol. The molecular formula is C17H16N4O5S. The molecule has 0 fully saturated rings. The number of ether oxygens (including phenoxy) is 1. The Morgan fingerprint density at radius 2 is 2.04 bits per heavy atom. The molecule has 3 N–H and O–H groups in total. The summed E-state index contributed by atoms with van der Waals surface area (Å²) in [6, 6.07) is 10.9. The molecule has 3 rings (SSSR count). The van der Waals surface area contributed by atoms with Crippen LogP contribution in [0, 0.1) is 0 Å². The van der Waals surface area contributed by atoms with E-state index < -0.39 is 5.91 Å². The van der Waals surface area contributed by atoms with Crippen molar-refractivity contribution >= 4 is 23.2 Å². The molecule has 10 heteroatoms. The summed E-state index contributed by atoms with van der Waals surface area (Å²) in [4.78, 5) is 27.6. The minimum Gasteiger partial charge on any atom is -0.475 e. The summed E-state index contributed by atoms with van der Waals surface area (Å²) < 4.78 is 9.99. The van der Waals surface area contributed by atoms with Gasteiger partial charge in [-0.3, -0.25) is 14.8 Å². The van der Waals surface area contributed by atoms with Crippen LogP contribution in [0.5, 0.6) is 5.88 Å². The van der Waals surface area contributed by atoms with Crippen LogP contribution in [0.3, 0.4) is 0 Å². The summed E-state index contributed by atoms with van der Waals surface area (Å²) in [6.45, 7) is 0.654. The molecule has 140 valence electrons. The second-order valence-corrected chi connectivity index (χ2v) is 6.19. The van der Waals surface area contributed by atoms with Gasteiger partial charge in [0.15, 0.2) is 5.01 Å². The third-order valence-electron chi connectivity index (χ3n) is 3.44. The molecular weight excluding hydrogens is 372 g/mol. The summed E-state index contributed by atoms with van der Waals surface area (Å²) >= 11 is 1.29. The van der Waals surface area contributed by atoms with E-state index in [1.54, 1.807) is 0 Å². The molecule has 27 heavy (non-hydrogen) atoms. The van der Waals surface area contributed by atoms with Crippen LogP contribution in [0.15, 0.2) is 46.3 Å². The quantitative estimate of drug-likeness (QED) is 0.306. The number of nitrogens with zero attached hydrogens (tertiary/aromatic N) is 2. The molecule has 9 nitrogen and oxygen atoms in total. The molecule has 0 aliphatic carbocycles. The minimum atomic E-state index is -0.817. The number of thiazole rings is 1. The Bertz CT molecular complexity index is 909. The number of hydrogen-bond donors (Lipinski definition) is 3. The first-order valence-electron chi connectivity index (χ1n) is 8.00. The number of hydroxylamine groups is 1. The van der Waals surface area contributed by atoms with E-state index in [1.807, 2.05) is 35.7 Å². The maximum absolute atomic E-state index is 12.1. The fourth-order valence-electron chi connectivity index (χ4n) is 2.14. The predicted octanol–water partition coefficient (Wildman–Crippen LogP) is 2.12. The van der Waals surface area contributed by atoms with Gasteiger partial charge in [-0.1, -0.05) is 30.3 Å². The Morgan fingerprint density at radius 3 is 2.81 bits per heavy atom. The van der Waals surface area contributed by atoms with E-state index in [0.717, 1.165) is 11.3 Å². The highest BCUT2D eigenvalue weighted by molar-refractivity contribution is 7.12. The number of carbonyl (C=O) groups is 2. The van der Waals surface area contributed by atoms with Gasteiger partial charge in [0.25, 0.3) is 11.8 Å². The molecule has 0 unspecified atom stereocenters. The first kappa shape index (κ1) is 18.5. The number of carbonyl (C=O) groups excluding carboxylic acids is 2. The summed E-state index contributed by atoms with van der Waals surface area (Å²) in [7, 11) is 0. The zero-order chi connectivity index (χ0) is 19.1. The fraction of sp³-hybridized carbons (Fsp3) is 0.176. The van der Waals surface area contributed by atoms with Gasteiger partial charge >= 0.3 is 5.91 Å². The van der Waals surface area contributed by atoms with Gasteiger partial charge in [-0.2, -0.15) is 0 Å². The van der Waals surface area contributed by atoms with Crippen LogP contribution in [0.2, 0.25) is 0 Å². The average Bonchev–Trinajstić information content (AvgIpc) is 3.37. The number of amides is 2. The highest BCUT2D eigenvalue weighted by atomic mass is 32.1. The lowest BCUT2D eigenvalue weighted by Crippen LogP contribution is -2.25. The van der Waals surface area contributed by atoms with Crippen molar-refractivity contribution in [1.82, 2.24) is 20.9 Å². The van der Waals surface area contributed by atoms with Crippen LogP contribution in [0.4, 0.5) is 0 Å². The van der Waals surface area contributed by atoms with E-state index in [0.29, 0.717) is 18.0 Å². The lowest BCUT2D eigenvalue weighted by atomic mass is 10.2. The third-order valence-corrected chi connectivity index (χ3v) is 4.28. The van der Waals surface area contributed by atoms with Crippen LogP contribution < -0.4 is 15.5 Å². The van der Waals surface area contributed by atoms with Gasteiger partial charge in [0, 0.05) is 17.5 Å². The summed E-state index contributed by atoms with van der Waals surface area (Å²) in [5, 5.41) is 17.0. The molecule has 0 saturated heterocycles. The van der Waals surface area contributed by atoms with Crippen molar-refractivity contribution in [1.29, 1.82) is 0 Å². The van der Waals surface area contributed by atoms with E-state index in [9.17, 15) is 9.59 Å². The molecule has 0 radical (unpaired) electrons. The van der Waals surface area contributed by atoms with Gasteiger partial charge in [-0.25, -0.2) is 10.5 Å². The van der Waals surface area contributed by atoms with Crippen molar-refractivity contribution in [2.24, 2.45) is 0 Å². The van der Waals surface area contributed by atoms with E-state index in [4.69, 9.17) is 9.94 Å². The van der Waals surface area contributed by atoms with Gasteiger partial charge in [0.2, 0.25) is 5.76 Å². The Labute approximate surface area is 157 Å². The minimum absolute atomic E-state index is 0.118. The van der Waals surface area contributed by atoms with Crippen LogP contribution in [-0.2, 0) is 0 Å². The number of rotatable bonds is 8. The summed E-state index contributed by atoms with van der Waals surface area (Å²) in [6.07, 6.45) is 0.525. The Hall–Kier alpha value is -3.24. The Morgan fingerprint density at radius 1 is 1.22 bits per heavy atom. The zero-order valence-electron chi connectivity index (χ0n) is 14.0. The van der Waals surface area contributed by atoms with Crippen LogP contribution >= 0.6 is 11.3 Å². The van der Waals surface area contributed by atoms with Crippen molar-refractivity contribution in [3.05, 3.63) is 52.5 Å². The molecule has 0 aliphatic rings. The van der Waals surface area contributed by atoms with Gasteiger partial charge in [0.05, 0.1) is 18.4 Å². The normalized spacial score (nSPS) is 10.4. The molecule has 2 heterocycles. The topological polar surface area (TPSA) is 127 Å². The number of aromatic nitrogens is 2. The van der Waals surface area contributed by atoms with Gasteiger partial charge in [-0.15, -0.1) is 11.3 Å². The maximum atomic E-state index is 12.1. The third kappa shape index (κ3) is 4.90. The van der Waals surface area contributed by atoms with Crippen molar-refractivity contribution in [2.45, 2.75) is 6.42 Å².